The van der Waals surface area contributed by atoms with Crippen molar-refractivity contribution in [2.24, 2.45) is 7.05 Å². The summed E-state index contributed by atoms with van der Waals surface area (Å²) in [5.74, 6) is 0.119. The fraction of sp³-hybridized carbons (Fsp3) is 0.714. The van der Waals surface area contributed by atoms with Crippen LogP contribution in [0.15, 0.2) is 12.3 Å². The first kappa shape index (κ1) is 12.7. The summed E-state index contributed by atoms with van der Waals surface area (Å²) in [4.78, 5) is 14.7. The number of aryl methyl sites for hydroxylation is 1. The summed E-state index contributed by atoms with van der Waals surface area (Å²) in [5, 5.41) is 7.73. The third-order valence-corrected chi connectivity index (χ3v) is 4.53. The van der Waals surface area contributed by atoms with Crippen molar-refractivity contribution in [3.63, 3.8) is 0 Å². The van der Waals surface area contributed by atoms with E-state index in [1.807, 2.05) is 11.9 Å². The van der Waals surface area contributed by atoms with Crippen LogP contribution in [0.4, 0.5) is 0 Å². The second-order valence-electron chi connectivity index (χ2n) is 5.69. The molecular weight excluding hydrogens is 240 g/mol. The molecule has 0 aliphatic carbocycles. The molecule has 0 spiro atoms. The lowest BCUT2D eigenvalue weighted by atomic mass is 9.98. The summed E-state index contributed by atoms with van der Waals surface area (Å²) < 4.78 is 1.67. The second kappa shape index (κ2) is 4.96. The van der Waals surface area contributed by atoms with Crippen LogP contribution in [-0.4, -0.2) is 45.3 Å². The fourth-order valence-corrected chi connectivity index (χ4v) is 3.58. The summed E-state index contributed by atoms with van der Waals surface area (Å²) in [6, 6.07) is 3.40. The Kier molecular flexibility index (Phi) is 3.31. The van der Waals surface area contributed by atoms with Gasteiger partial charge in [0.05, 0.1) is 0 Å². The third kappa shape index (κ3) is 2.27. The van der Waals surface area contributed by atoms with E-state index in [-0.39, 0.29) is 5.91 Å². The quantitative estimate of drug-likeness (QED) is 0.889. The molecule has 2 aliphatic rings. The molecule has 1 amide bonds. The number of carbonyl (C=O) groups excluding carboxylic acids is 1. The Balaban J connectivity index is 1.77. The molecule has 5 heteroatoms. The first-order valence-corrected chi connectivity index (χ1v) is 7.24. The molecule has 0 saturated carbocycles. The van der Waals surface area contributed by atoms with Crippen molar-refractivity contribution < 1.29 is 4.79 Å². The van der Waals surface area contributed by atoms with Crippen molar-refractivity contribution in [1.82, 2.24) is 20.0 Å². The SMILES string of the molecule is CCN(C(=O)c1ccnn1C)C1CC2CCC(C1)N2. The minimum Gasteiger partial charge on any atom is -0.335 e. The van der Waals surface area contributed by atoms with Gasteiger partial charge in [0.25, 0.3) is 5.91 Å². The predicted molar refractivity (Wildman–Crippen MR) is 72.9 cm³/mol. The van der Waals surface area contributed by atoms with Crippen LogP contribution in [0.1, 0.15) is 43.1 Å². The number of piperidine rings is 1. The second-order valence-corrected chi connectivity index (χ2v) is 5.69. The van der Waals surface area contributed by atoms with Crippen LogP contribution in [0.3, 0.4) is 0 Å². The summed E-state index contributed by atoms with van der Waals surface area (Å²) in [6.45, 7) is 2.84. The van der Waals surface area contributed by atoms with Gasteiger partial charge in [0.15, 0.2) is 0 Å². The van der Waals surface area contributed by atoms with Gasteiger partial charge in [-0.05, 0) is 38.7 Å². The van der Waals surface area contributed by atoms with Gasteiger partial charge in [-0.3, -0.25) is 9.48 Å². The van der Waals surface area contributed by atoms with E-state index >= 15 is 0 Å². The van der Waals surface area contributed by atoms with E-state index in [0.29, 0.717) is 23.8 Å². The highest BCUT2D eigenvalue weighted by Gasteiger charge is 2.37. The van der Waals surface area contributed by atoms with Gasteiger partial charge in [-0.1, -0.05) is 0 Å². The van der Waals surface area contributed by atoms with Gasteiger partial charge in [0, 0.05) is 37.9 Å². The number of rotatable bonds is 3. The number of hydrogen-bond acceptors (Lipinski definition) is 3. The average molecular weight is 262 g/mol. The largest absolute Gasteiger partial charge is 0.335 e. The summed E-state index contributed by atoms with van der Waals surface area (Å²) in [5.41, 5.74) is 0.688. The Morgan fingerprint density at radius 1 is 1.47 bits per heavy atom. The highest BCUT2D eigenvalue weighted by atomic mass is 16.2. The van der Waals surface area contributed by atoms with Crippen molar-refractivity contribution in [3.05, 3.63) is 18.0 Å². The summed E-state index contributed by atoms with van der Waals surface area (Å²) >= 11 is 0. The van der Waals surface area contributed by atoms with Gasteiger partial charge >= 0.3 is 0 Å². The van der Waals surface area contributed by atoms with Crippen LogP contribution < -0.4 is 5.32 Å². The predicted octanol–water partition coefficient (Wildman–Crippen LogP) is 1.17. The first-order chi connectivity index (χ1) is 9.19. The van der Waals surface area contributed by atoms with Crippen molar-refractivity contribution in [2.45, 2.75) is 50.7 Å². The maximum absolute atomic E-state index is 12.6. The zero-order chi connectivity index (χ0) is 13.4. The van der Waals surface area contributed by atoms with E-state index in [0.717, 1.165) is 19.4 Å². The highest BCUT2D eigenvalue weighted by molar-refractivity contribution is 5.92. The lowest BCUT2D eigenvalue weighted by molar-refractivity contribution is 0.0620. The van der Waals surface area contributed by atoms with Crippen LogP contribution in [0.5, 0.6) is 0 Å². The number of nitrogens with one attached hydrogen (secondary N) is 1. The van der Waals surface area contributed by atoms with Crippen molar-refractivity contribution in [1.29, 1.82) is 0 Å². The van der Waals surface area contributed by atoms with E-state index in [9.17, 15) is 4.79 Å². The van der Waals surface area contributed by atoms with Gasteiger partial charge in [-0.2, -0.15) is 5.10 Å². The number of aromatic nitrogens is 2. The molecule has 1 aromatic heterocycles. The maximum atomic E-state index is 12.6. The Morgan fingerprint density at radius 2 is 2.16 bits per heavy atom. The van der Waals surface area contributed by atoms with Crippen molar-refractivity contribution >= 4 is 5.91 Å². The molecule has 0 radical (unpaired) electrons. The standard InChI is InChI=1S/C14H22N4O/c1-3-18(14(19)13-6-7-15-17(13)2)12-8-10-4-5-11(9-12)16-10/h6-7,10-12,16H,3-5,8-9H2,1-2H3. The number of nitrogens with zero attached hydrogens (tertiary/aromatic N) is 3. The Labute approximate surface area is 114 Å². The van der Waals surface area contributed by atoms with Gasteiger partial charge in [-0.25, -0.2) is 0 Å². The van der Waals surface area contributed by atoms with E-state index in [1.54, 1.807) is 16.9 Å². The fourth-order valence-electron chi connectivity index (χ4n) is 3.58. The smallest absolute Gasteiger partial charge is 0.272 e. The lowest BCUT2D eigenvalue weighted by Crippen LogP contribution is -2.50. The number of carbonyl (C=O) groups is 1. The van der Waals surface area contributed by atoms with Crippen molar-refractivity contribution in [3.8, 4) is 0 Å². The molecule has 104 valence electrons. The minimum atomic E-state index is 0.119. The van der Waals surface area contributed by atoms with Gasteiger partial charge in [0.2, 0.25) is 0 Å². The Bertz CT molecular complexity index is 458. The van der Waals surface area contributed by atoms with Crippen molar-refractivity contribution in [2.75, 3.05) is 6.54 Å². The monoisotopic (exact) mass is 262 g/mol. The third-order valence-electron chi connectivity index (χ3n) is 4.53. The molecule has 2 fully saturated rings. The van der Waals surface area contributed by atoms with E-state index in [4.69, 9.17) is 0 Å². The zero-order valence-corrected chi connectivity index (χ0v) is 11.7. The van der Waals surface area contributed by atoms with Crippen LogP contribution in [-0.2, 0) is 7.05 Å². The molecule has 1 N–H and O–H groups in total. The average Bonchev–Trinajstić information content (AvgIpc) is 2.96. The van der Waals surface area contributed by atoms with E-state index in [1.165, 1.54) is 12.8 Å². The normalized spacial score (nSPS) is 29.5. The van der Waals surface area contributed by atoms with Crippen LogP contribution >= 0.6 is 0 Å². The Hall–Kier alpha value is -1.36. The zero-order valence-electron chi connectivity index (χ0n) is 11.7. The number of amides is 1. The van der Waals surface area contributed by atoms with Gasteiger partial charge in [0.1, 0.15) is 5.69 Å². The molecule has 1 aromatic rings. The van der Waals surface area contributed by atoms with E-state index < -0.39 is 0 Å². The first-order valence-electron chi connectivity index (χ1n) is 7.24. The molecule has 0 aromatic carbocycles. The molecule has 2 atom stereocenters. The van der Waals surface area contributed by atoms with Crippen LogP contribution in [0, 0.1) is 0 Å². The van der Waals surface area contributed by atoms with Gasteiger partial charge in [-0.15, -0.1) is 0 Å². The molecule has 19 heavy (non-hydrogen) atoms. The van der Waals surface area contributed by atoms with E-state index in [2.05, 4.69) is 17.3 Å². The summed E-state index contributed by atoms with van der Waals surface area (Å²) in [7, 11) is 1.83. The lowest BCUT2D eigenvalue weighted by Gasteiger charge is -2.37. The molecule has 2 aliphatic heterocycles. The molecular formula is C14H22N4O. The minimum absolute atomic E-state index is 0.119. The number of hydrogen-bond donors (Lipinski definition) is 1. The molecule has 3 heterocycles. The molecule has 2 bridgehead atoms. The summed E-state index contributed by atoms with van der Waals surface area (Å²) in [6.07, 6.45) is 6.40. The maximum Gasteiger partial charge on any atom is 0.272 e. The molecule has 2 saturated heterocycles. The van der Waals surface area contributed by atoms with Gasteiger partial charge < -0.3 is 10.2 Å². The Morgan fingerprint density at radius 3 is 2.68 bits per heavy atom. The molecule has 5 nitrogen and oxygen atoms in total. The molecule has 2 unspecified atom stereocenters. The molecule has 3 rings (SSSR count). The van der Waals surface area contributed by atoms with Crippen LogP contribution in [0.2, 0.25) is 0 Å². The highest BCUT2D eigenvalue weighted by Crippen LogP contribution is 2.30. The number of fused-ring (bicyclic) bond motifs is 2. The topological polar surface area (TPSA) is 50.2 Å². The van der Waals surface area contributed by atoms with Crippen LogP contribution in [0.25, 0.3) is 0 Å².